The molecule has 8 N–H and O–H groups in total. The molecule has 1 saturated heterocycles. The van der Waals surface area contributed by atoms with E-state index in [2.05, 4.69) is 5.32 Å². The van der Waals surface area contributed by atoms with Gasteiger partial charge in [0.15, 0.2) is 6.29 Å². The van der Waals surface area contributed by atoms with Gasteiger partial charge < -0.3 is 50.5 Å². The van der Waals surface area contributed by atoms with Crippen molar-refractivity contribution in [1.29, 1.82) is 0 Å². The second-order valence-corrected chi connectivity index (χ2v) is 6.06. The van der Waals surface area contributed by atoms with Crippen molar-refractivity contribution in [2.24, 2.45) is 0 Å². The van der Waals surface area contributed by atoms with Crippen LogP contribution in [0.3, 0.4) is 0 Å². The molecule has 0 aromatic heterocycles. The summed E-state index contributed by atoms with van der Waals surface area (Å²) in [7, 11) is 0. The van der Waals surface area contributed by atoms with Gasteiger partial charge in [0.2, 0.25) is 5.91 Å². The minimum atomic E-state index is -1.87. The first kappa shape index (κ1) is 23.1. The molecular weight excluding hydrogens is 354 g/mol. The number of carbonyl (C=O) groups is 1. The van der Waals surface area contributed by atoms with Gasteiger partial charge in [-0.3, -0.25) is 4.79 Å². The van der Waals surface area contributed by atoms with E-state index in [4.69, 9.17) is 26.6 Å². The lowest BCUT2D eigenvalue weighted by Crippen LogP contribution is -2.60. The molecule has 1 heterocycles. The predicted molar refractivity (Wildman–Crippen MR) is 84.3 cm³/mol. The van der Waals surface area contributed by atoms with Crippen LogP contribution in [0, 0.1) is 6.92 Å². The molecule has 11 heteroatoms. The van der Waals surface area contributed by atoms with Crippen molar-refractivity contribution < 1.29 is 50.0 Å². The van der Waals surface area contributed by atoms with Crippen LogP contribution >= 0.6 is 0 Å². The van der Waals surface area contributed by atoms with Gasteiger partial charge in [0.25, 0.3) is 0 Å². The van der Waals surface area contributed by atoms with Gasteiger partial charge in [-0.2, -0.15) is 0 Å². The molecule has 26 heavy (non-hydrogen) atoms. The van der Waals surface area contributed by atoms with Crippen LogP contribution < -0.4 is 5.32 Å². The first-order valence-electron chi connectivity index (χ1n) is 8.16. The smallest absolute Gasteiger partial charge is 0.249 e. The molecular formula is C15H27NO10. The molecule has 152 valence electrons. The minimum absolute atomic E-state index is 0.152. The van der Waals surface area contributed by atoms with Crippen LogP contribution in [0.5, 0.6) is 0 Å². The van der Waals surface area contributed by atoms with E-state index in [0.717, 1.165) is 0 Å². The Morgan fingerprint density at radius 1 is 1.19 bits per heavy atom. The van der Waals surface area contributed by atoms with Crippen LogP contribution in [-0.2, 0) is 14.3 Å². The summed E-state index contributed by atoms with van der Waals surface area (Å²) in [4.78, 5) is 11.6. The van der Waals surface area contributed by atoms with Crippen molar-refractivity contribution in [1.82, 2.24) is 5.32 Å². The molecule has 0 aliphatic carbocycles. The highest BCUT2D eigenvalue weighted by Crippen LogP contribution is 2.22. The van der Waals surface area contributed by atoms with Crippen LogP contribution in [0.25, 0.3) is 0 Å². The lowest BCUT2D eigenvalue weighted by Gasteiger charge is -2.40. The number of ether oxygens (including phenoxy) is 2. The first-order valence-corrected chi connectivity index (χ1v) is 8.16. The number of carbonyl (C=O) groups excluding carboxylic acids is 1. The number of hydrogen-bond donors (Lipinski definition) is 8. The zero-order chi connectivity index (χ0) is 20.0. The fourth-order valence-electron chi connectivity index (χ4n) is 2.41. The van der Waals surface area contributed by atoms with E-state index < -0.39 is 74.2 Å². The summed E-state index contributed by atoms with van der Waals surface area (Å²) >= 11 is 0. The van der Waals surface area contributed by atoms with Gasteiger partial charge in [0, 0.05) is 6.92 Å². The van der Waals surface area contributed by atoms with Crippen LogP contribution in [0.1, 0.15) is 13.3 Å². The Hall–Kier alpha value is -0.890. The van der Waals surface area contributed by atoms with Crippen molar-refractivity contribution in [3.05, 3.63) is 6.92 Å². The maximum absolute atomic E-state index is 11.6. The fourth-order valence-corrected chi connectivity index (χ4v) is 2.41. The van der Waals surface area contributed by atoms with Gasteiger partial charge in [-0.05, 0) is 6.42 Å². The van der Waals surface area contributed by atoms with Gasteiger partial charge >= 0.3 is 0 Å². The molecule has 1 aliphatic rings. The fraction of sp³-hybridized carbons (Fsp3) is 0.867. The highest BCUT2D eigenvalue weighted by molar-refractivity contribution is 5.81. The third-order valence-electron chi connectivity index (χ3n) is 4.11. The number of hydrogen-bond acceptors (Lipinski definition) is 10. The lowest BCUT2D eigenvalue weighted by atomic mass is 9.99. The molecule has 1 fully saturated rings. The average Bonchev–Trinajstić information content (AvgIpc) is 2.62. The Morgan fingerprint density at radius 2 is 1.81 bits per heavy atom. The number of aliphatic hydroxyl groups is 7. The Bertz CT molecular complexity index is 435. The first-order chi connectivity index (χ1) is 12.1. The van der Waals surface area contributed by atoms with E-state index >= 15 is 0 Å². The topological polar surface area (TPSA) is 189 Å². The molecule has 1 aliphatic heterocycles. The van der Waals surface area contributed by atoms with Gasteiger partial charge in [-0.15, -0.1) is 0 Å². The number of rotatable bonds is 9. The summed E-state index contributed by atoms with van der Waals surface area (Å²) in [6.07, 6.45) is -12.0. The van der Waals surface area contributed by atoms with Gasteiger partial charge in [0.1, 0.15) is 36.6 Å². The maximum atomic E-state index is 11.6. The quantitative estimate of drug-likeness (QED) is 0.193. The zero-order valence-corrected chi connectivity index (χ0v) is 14.3. The summed E-state index contributed by atoms with van der Waals surface area (Å²) in [6.45, 7) is 5.46. The van der Waals surface area contributed by atoms with Crippen LogP contribution in [0.15, 0.2) is 0 Å². The monoisotopic (exact) mass is 381 g/mol. The molecule has 9 atom stereocenters. The van der Waals surface area contributed by atoms with Gasteiger partial charge in [-0.25, -0.2) is 0 Å². The van der Waals surface area contributed by atoms with E-state index in [-0.39, 0.29) is 6.42 Å². The Kier molecular flexibility index (Phi) is 9.30. The molecule has 2 unspecified atom stereocenters. The maximum Gasteiger partial charge on any atom is 0.249 e. The van der Waals surface area contributed by atoms with Gasteiger partial charge in [0.05, 0.1) is 25.4 Å². The normalized spacial score (nSPS) is 34.0. The van der Waals surface area contributed by atoms with Crippen molar-refractivity contribution in [3.8, 4) is 0 Å². The van der Waals surface area contributed by atoms with Crippen molar-refractivity contribution in [2.45, 2.75) is 68.4 Å². The summed E-state index contributed by atoms with van der Waals surface area (Å²) in [5.41, 5.74) is 0. The highest BCUT2D eigenvalue weighted by atomic mass is 16.7. The SMILES string of the molecule is [CH][C@@H](O)C(=O)N[C@@H](CO[C@@H]1OC(CO)[C@H](O)[C@H](O)C1O)[C@H](O)[C@H](O)CC. The summed E-state index contributed by atoms with van der Waals surface area (Å²) in [5, 5.41) is 69.5. The van der Waals surface area contributed by atoms with Crippen LogP contribution in [0.4, 0.5) is 0 Å². The molecule has 0 bridgehead atoms. The van der Waals surface area contributed by atoms with Gasteiger partial charge in [-0.1, -0.05) is 6.92 Å². The Labute approximate surface area is 150 Å². The Balaban J connectivity index is 2.79. The summed E-state index contributed by atoms with van der Waals surface area (Å²) in [6, 6.07) is -1.23. The molecule has 1 amide bonds. The Morgan fingerprint density at radius 3 is 2.31 bits per heavy atom. The van der Waals surface area contributed by atoms with Crippen LogP contribution in [-0.4, -0.2) is 110 Å². The molecule has 0 aromatic rings. The lowest BCUT2D eigenvalue weighted by molar-refractivity contribution is -0.303. The van der Waals surface area contributed by atoms with Crippen molar-refractivity contribution in [2.75, 3.05) is 13.2 Å². The van der Waals surface area contributed by atoms with Crippen molar-refractivity contribution >= 4 is 5.91 Å². The molecule has 0 spiro atoms. The zero-order valence-electron chi connectivity index (χ0n) is 14.3. The standard InChI is InChI=1S/C15H27NO10/c1-3-8(19)10(20)7(16-14(24)6(2)18)5-25-15-13(23)12(22)11(21)9(4-17)26-15/h2,6-13,15,17-23H,3-5H2,1H3,(H,16,24)/t6-,7+,8-,9?,10+,11+,12+,13?,15-/m1/s1. The summed E-state index contributed by atoms with van der Waals surface area (Å²) in [5.74, 6) is -1.03. The summed E-state index contributed by atoms with van der Waals surface area (Å²) < 4.78 is 10.4. The van der Waals surface area contributed by atoms with Crippen molar-refractivity contribution in [3.63, 3.8) is 0 Å². The molecule has 0 saturated carbocycles. The van der Waals surface area contributed by atoms with E-state index in [1.54, 1.807) is 6.92 Å². The number of aliphatic hydroxyl groups excluding tert-OH is 7. The van der Waals surface area contributed by atoms with E-state index in [9.17, 15) is 30.3 Å². The van der Waals surface area contributed by atoms with E-state index in [1.165, 1.54) is 0 Å². The molecule has 0 aromatic carbocycles. The average molecular weight is 381 g/mol. The second kappa shape index (κ2) is 10.4. The van der Waals surface area contributed by atoms with Crippen LogP contribution in [0.2, 0.25) is 0 Å². The highest BCUT2D eigenvalue weighted by Gasteiger charge is 2.44. The number of amides is 1. The van der Waals surface area contributed by atoms with E-state index in [1.807, 2.05) is 0 Å². The number of nitrogens with one attached hydrogen (secondary N) is 1. The second-order valence-electron chi connectivity index (χ2n) is 6.06. The largest absolute Gasteiger partial charge is 0.394 e. The molecule has 11 nitrogen and oxygen atoms in total. The minimum Gasteiger partial charge on any atom is -0.394 e. The molecule has 2 radical (unpaired) electrons. The third-order valence-corrected chi connectivity index (χ3v) is 4.11. The third kappa shape index (κ3) is 5.81. The predicted octanol–water partition coefficient (Wildman–Crippen LogP) is -4.51. The van der Waals surface area contributed by atoms with E-state index in [0.29, 0.717) is 0 Å². The molecule has 1 rings (SSSR count).